The zero-order valence-electron chi connectivity index (χ0n) is 16.5. The molecule has 2 N–H and O–H groups in total. The van der Waals surface area contributed by atoms with Crippen LogP contribution in [-0.2, 0) is 15.8 Å². The molecule has 6 nitrogen and oxygen atoms in total. The van der Waals surface area contributed by atoms with E-state index in [1.165, 1.54) is 16.8 Å². The van der Waals surface area contributed by atoms with Crippen molar-refractivity contribution in [2.24, 2.45) is 5.92 Å². The van der Waals surface area contributed by atoms with Crippen LogP contribution in [0.4, 0.5) is 13.2 Å². The molecule has 1 aliphatic carbocycles. The van der Waals surface area contributed by atoms with Crippen molar-refractivity contribution >= 4 is 11.9 Å². The highest BCUT2D eigenvalue weighted by Crippen LogP contribution is 2.32. The number of nitrogens with one attached hydrogen (secondary N) is 1. The third kappa shape index (κ3) is 4.39. The molecule has 0 saturated heterocycles. The number of carbonyl (C=O) groups excluding carboxylic acids is 1. The molecule has 2 aromatic rings. The molecule has 3 rings (SSSR count). The molecular formula is C21H22F3N3O3. The Labute approximate surface area is 171 Å². The summed E-state index contributed by atoms with van der Waals surface area (Å²) in [5.41, 5.74) is 0.260. The molecule has 0 fully saturated rings. The van der Waals surface area contributed by atoms with Gasteiger partial charge in [-0.2, -0.15) is 18.3 Å². The number of hydrogen-bond acceptors (Lipinski definition) is 3. The number of aliphatic carboxylic acids is 1. The number of alkyl halides is 3. The fourth-order valence-corrected chi connectivity index (χ4v) is 3.69. The number of amides is 1. The van der Waals surface area contributed by atoms with Crippen molar-refractivity contribution in [3.05, 3.63) is 58.9 Å². The molecule has 0 aliphatic heterocycles. The number of halogens is 3. The van der Waals surface area contributed by atoms with Crippen molar-refractivity contribution in [1.29, 1.82) is 0 Å². The summed E-state index contributed by atoms with van der Waals surface area (Å²) in [6.07, 6.45) is 1.29. The zero-order valence-corrected chi connectivity index (χ0v) is 16.5. The Bertz CT molecular complexity index is 995. The van der Waals surface area contributed by atoms with Crippen LogP contribution in [-0.4, -0.2) is 26.8 Å². The van der Waals surface area contributed by atoms with Crippen molar-refractivity contribution in [2.75, 3.05) is 0 Å². The molecule has 0 saturated carbocycles. The molecule has 160 valence electrons. The van der Waals surface area contributed by atoms with E-state index >= 15 is 0 Å². The van der Waals surface area contributed by atoms with Gasteiger partial charge in [0, 0.05) is 17.2 Å². The molecule has 0 spiro atoms. The Morgan fingerprint density at radius 3 is 2.60 bits per heavy atom. The Morgan fingerprint density at radius 2 is 2.00 bits per heavy atom. The minimum absolute atomic E-state index is 0.157. The van der Waals surface area contributed by atoms with Gasteiger partial charge < -0.3 is 10.4 Å². The van der Waals surface area contributed by atoms with Gasteiger partial charge in [-0.25, -0.2) is 9.48 Å². The summed E-state index contributed by atoms with van der Waals surface area (Å²) < 4.78 is 40.5. The minimum atomic E-state index is -4.51. The molecule has 2 atom stereocenters. The van der Waals surface area contributed by atoms with Crippen LogP contribution in [0.1, 0.15) is 47.8 Å². The van der Waals surface area contributed by atoms with Gasteiger partial charge in [0.25, 0.3) is 0 Å². The van der Waals surface area contributed by atoms with Gasteiger partial charge in [0.05, 0.1) is 16.9 Å². The molecule has 1 aromatic carbocycles. The van der Waals surface area contributed by atoms with E-state index in [0.29, 0.717) is 24.2 Å². The second-order valence-electron chi connectivity index (χ2n) is 7.31. The number of hydrogen-bond donors (Lipinski definition) is 2. The van der Waals surface area contributed by atoms with Gasteiger partial charge in [-0.3, -0.25) is 4.79 Å². The van der Waals surface area contributed by atoms with E-state index < -0.39 is 23.8 Å². The number of carbonyl (C=O) groups is 2. The number of carboxylic acid groups (broad SMARTS) is 1. The molecular weight excluding hydrogens is 399 g/mol. The number of aromatic nitrogens is 2. The topological polar surface area (TPSA) is 84.2 Å². The van der Waals surface area contributed by atoms with Gasteiger partial charge >= 0.3 is 12.1 Å². The molecule has 1 heterocycles. The molecule has 1 aromatic heterocycles. The third-order valence-electron chi connectivity index (χ3n) is 5.23. The summed E-state index contributed by atoms with van der Waals surface area (Å²) in [7, 11) is 0. The maximum absolute atomic E-state index is 13.1. The predicted molar refractivity (Wildman–Crippen MR) is 103 cm³/mol. The largest absolute Gasteiger partial charge is 0.479 e. The highest BCUT2D eigenvalue weighted by molar-refractivity contribution is 5.86. The lowest BCUT2D eigenvalue weighted by Gasteiger charge is -2.21. The van der Waals surface area contributed by atoms with E-state index in [2.05, 4.69) is 10.4 Å². The van der Waals surface area contributed by atoms with Crippen LogP contribution in [0.3, 0.4) is 0 Å². The SMILES string of the molecule is Cc1nn(-c2cccc(C(F)(F)F)c2)c(C)c1[C@H](NC(=O)[C@@H]1CC=CCC1)C(=O)O. The number of allylic oxidation sites excluding steroid dienone is 2. The van der Waals surface area contributed by atoms with Gasteiger partial charge in [0.15, 0.2) is 6.04 Å². The highest BCUT2D eigenvalue weighted by Gasteiger charge is 2.33. The van der Waals surface area contributed by atoms with E-state index in [0.717, 1.165) is 18.6 Å². The Balaban J connectivity index is 1.95. The number of rotatable bonds is 5. The third-order valence-corrected chi connectivity index (χ3v) is 5.23. The quantitative estimate of drug-likeness (QED) is 0.712. The van der Waals surface area contributed by atoms with Crippen LogP contribution in [0.25, 0.3) is 5.69 Å². The summed E-state index contributed by atoms with van der Waals surface area (Å²) in [5, 5.41) is 16.6. The summed E-state index contributed by atoms with van der Waals surface area (Å²) in [4.78, 5) is 24.5. The Hall–Kier alpha value is -3.10. The number of benzene rings is 1. The lowest BCUT2D eigenvalue weighted by molar-refractivity contribution is -0.142. The summed E-state index contributed by atoms with van der Waals surface area (Å²) >= 11 is 0. The van der Waals surface area contributed by atoms with E-state index in [9.17, 15) is 27.9 Å². The molecule has 30 heavy (non-hydrogen) atoms. The summed E-state index contributed by atoms with van der Waals surface area (Å²) in [5.74, 6) is -1.93. The van der Waals surface area contributed by atoms with Crippen LogP contribution in [0.15, 0.2) is 36.4 Å². The first-order valence-corrected chi connectivity index (χ1v) is 9.51. The second kappa shape index (κ2) is 8.33. The van der Waals surface area contributed by atoms with E-state index in [1.54, 1.807) is 13.8 Å². The lowest BCUT2D eigenvalue weighted by atomic mass is 9.93. The van der Waals surface area contributed by atoms with Crippen LogP contribution in [0.5, 0.6) is 0 Å². The number of carboxylic acids is 1. The fourth-order valence-electron chi connectivity index (χ4n) is 3.69. The minimum Gasteiger partial charge on any atom is -0.479 e. The standard InChI is InChI=1S/C21H22F3N3O3/c1-12-17(18(20(29)30)25-19(28)14-7-4-3-5-8-14)13(2)27(26-12)16-10-6-9-15(11-16)21(22,23)24/h3-4,6,9-11,14,18H,5,7-8H2,1-2H3,(H,25,28)(H,29,30)/t14-,18+/m1/s1. The van der Waals surface area contributed by atoms with Crippen molar-refractivity contribution in [2.45, 2.75) is 45.3 Å². The van der Waals surface area contributed by atoms with Gasteiger partial charge in [-0.15, -0.1) is 0 Å². The van der Waals surface area contributed by atoms with E-state index in [4.69, 9.17) is 0 Å². The predicted octanol–water partition coefficient (Wildman–Crippen LogP) is 4.11. The lowest BCUT2D eigenvalue weighted by Crippen LogP contribution is -2.38. The maximum Gasteiger partial charge on any atom is 0.416 e. The van der Waals surface area contributed by atoms with Crippen LogP contribution < -0.4 is 5.32 Å². The fraction of sp³-hybridized carbons (Fsp3) is 0.381. The molecule has 0 radical (unpaired) electrons. The Kier molecular flexibility index (Phi) is 6.00. The molecule has 1 amide bonds. The smallest absolute Gasteiger partial charge is 0.416 e. The first kappa shape index (κ1) is 21.6. The maximum atomic E-state index is 13.1. The average Bonchev–Trinajstić information content (AvgIpc) is 3.00. The molecule has 9 heteroatoms. The van der Waals surface area contributed by atoms with Gasteiger partial charge in [0.1, 0.15) is 0 Å². The van der Waals surface area contributed by atoms with Crippen molar-refractivity contribution in [3.8, 4) is 5.69 Å². The molecule has 0 bridgehead atoms. The molecule has 0 unspecified atom stereocenters. The molecule has 1 aliphatic rings. The zero-order chi connectivity index (χ0) is 22.1. The number of aryl methyl sites for hydroxylation is 1. The van der Waals surface area contributed by atoms with Crippen molar-refractivity contribution in [1.82, 2.24) is 15.1 Å². The monoisotopic (exact) mass is 421 g/mol. The number of nitrogens with zero attached hydrogens (tertiary/aromatic N) is 2. The second-order valence-corrected chi connectivity index (χ2v) is 7.31. The summed E-state index contributed by atoms with van der Waals surface area (Å²) in [6.45, 7) is 3.14. The highest BCUT2D eigenvalue weighted by atomic mass is 19.4. The van der Waals surface area contributed by atoms with Gasteiger partial charge in [-0.1, -0.05) is 18.2 Å². The van der Waals surface area contributed by atoms with Crippen LogP contribution >= 0.6 is 0 Å². The van der Waals surface area contributed by atoms with Crippen molar-refractivity contribution in [3.63, 3.8) is 0 Å². The van der Waals surface area contributed by atoms with Gasteiger partial charge in [-0.05, 0) is 51.3 Å². The van der Waals surface area contributed by atoms with Crippen molar-refractivity contribution < 1.29 is 27.9 Å². The Morgan fingerprint density at radius 1 is 1.27 bits per heavy atom. The van der Waals surface area contributed by atoms with Gasteiger partial charge in [0.2, 0.25) is 5.91 Å². The van der Waals surface area contributed by atoms with Crippen LogP contribution in [0, 0.1) is 19.8 Å². The van der Waals surface area contributed by atoms with E-state index in [-0.39, 0.29) is 23.1 Å². The summed E-state index contributed by atoms with van der Waals surface area (Å²) in [6, 6.07) is 3.28. The average molecular weight is 421 g/mol. The van der Waals surface area contributed by atoms with Crippen LogP contribution in [0.2, 0.25) is 0 Å². The first-order valence-electron chi connectivity index (χ1n) is 9.51. The first-order chi connectivity index (χ1) is 14.1. The normalized spacial score (nSPS) is 17.6. The van der Waals surface area contributed by atoms with E-state index in [1.807, 2.05) is 12.2 Å².